The van der Waals surface area contributed by atoms with Crippen molar-refractivity contribution >= 4 is 11.4 Å². The van der Waals surface area contributed by atoms with Crippen molar-refractivity contribution in [1.82, 2.24) is 4.90 Å². The van der Waals surface area contributed by atoms with E-state index in [0.29, 0.717) is 11.3 Å². The number of allylic oxidation sites excluding steroid dienone is 6. The molecular weight excluding hydrogens is 328 g/mol. The van der Waals surface area contributed by atoms with Crippen molar-refractivity contribution in [3.05, 3.63) is 75.9 Å². The van der Waals surface area contributed by atoms with Gasteiger partial charge in [0, 0.05) is 35.3 Å². The number of Topliss-reactive ketones (excluding diaryl/α,β-unsaturated/α-hetero) is 1. The monoisotopic (exact) mass is 348 g/mol. The molecule has 0 atom stereocenters. The number of nitrogens with zero attached hydrogens (tertiary/aromatic N) is 2. The van der Waals surface area contributed by atoms with Gasteiger partial charge in [-0.05, 0) is 43.2 Å². The Hall–Kier alpha value is -3.08. The first-order chi connectivity index (χ1) is 12.6. The SMILES string of the molecule is COC1=CC=C/C(=C\N2CCC3=c4ccc(OC)cc4=NC3=C2C)C1=O. The topological polar surface area (TPSA) is 51.1 Å². The summed E-state index contributed by atoms with van der Waals surface area (Å²) in [5, 5.41) is 2.12. The zero-order valence-corrected chi connectivity index (χ0v) is 15.1. The Morgan fingerprint density at radius 3 is 2.85 bits per heavy atom. The maximum absolute atomic E-state index is 12.4. The summed E-state index contributed by atoms with van der Waals surface area (Å²) in [6, 6.07) is 6.01. The van der Waals surface area contributed by atoms with Gasteiger partial charge in [0.25, 0.3) is 0 Å². The number of benzene rings is 1. The van der Waals surface area contributed by atoms with Gasteiger partial charge >= 0.3 is 0 Å². The summed E-state index contributed by atoms with van der Waals surface area (Å²) >= 11 is 0. The summed E-state index contributed by atoms with van der Waals surface area (Å²) < 4.78 is 10.4. The zero-order chi connectivity index (χ0) is 18.3. The minimum absolute atomic E-state index is 0.0982. The summed E-state index contributed by atoms with van der Waals surface area (Å²) in [4.78, 5) is 19.3. The largest absolute Gasteiger partial charge is 0.497 e. The number of hydrogen-bond acceptors (Lipinski definition) is 5. The van der Waals surface area contributed by atoms with Crippen LogP contribution < -0.4 is 15.3 Å². The zero-order valence-electron chi connectivity index (χ0n) is 15.1. The standard InChI is InChI=1S/C21H20N2O3/c1-13-20-17(16-8-7-15(25-2)11-18(16)22-20)9-10-23(13)12-14-5-4-6-19(26-3)21(14)24/h4-8,11-12H,9-10H2,1-3H3/b14-12+. The number of methoxy groups -OCH3 is 2. The van der Waals surface area contributed by atoms with Gasteiger partial charge in [-0.1, -0.05) is 6.08 Å². The quantitative estimate of drug-likeness (QED) is 0.784. The van der Waals surface area contributed by atoms with Crippen LogP contribution in [0.15, 0.2) is 70.3 Å². The highest BCUT2D eigenvalue weighted by Crippen LogP contribution is 2.30. The van der Waals surface area contributed by atoms with Gasteiger partial charge in [0.15, 0.2) is 5.76 Å². The first-order valence-electron chi connectivity index (χ1n) is 8.55. The molecule has 0 unspecified atom stereocenters. The lowest BCUT2D eigenvalue weighted by Gasteiger charge is -2.29. The van der Waals surface area contributed by atoms with Crippen LogP contribution in [0.1, 0.15) is 13.3 Å². The number of carbonyl (C=O) groups excluding carboxylic acids is 1. The Morgan fingerprint density at radius 2 is 2.08 bits per heavy atom. The fourth-order valence-corrected chi connectivity index (χ4v) is 3.51. The van der Waals surface area contributed by atoms with E-state index in [0.717, 1.165) is 35.5 Å². The minimum Gasteiger partial charge on any atom is -0.497 e. The van der Waals surface area contributed by atoms with Crippen LogP contribution in [0.5, 0.6) is 5.75 Å². The van der Waals surface area contributed by atoms with Crippen LogP contribution in [0.4, 0.5) is 0 Å². The molecule has 0 saturated carbocycles. The van der Waals surface area contributed by atoms with Crippen LogP contribution in [-0.2, 0) is 9.53 Å². The third-order valence-electron chi connectivity index (χ3n) is 4.95. The van der Waals surface area contributed by atoms with Crippen molar-refractivity contribution in [2.45, 2.75) is 13.3 Å². The van der Waals surface area contributed by atoms with Gasteiger partial charge < -0.3 is 14.4 Å². The lowest BCUT2D eigenvalue weighted by Crippen LogP contribution is -2.27. The van der Waals surface area contributed by atoms with E-state index in [-0.39, 0.29) is 5.78 Å². The molecule has 0 spiro atoms. The Kier molecular flexibility index (Phi) is 3.99. The van der Waals surface area contributed by atoms with Gasteiger partial charge in [0.2, 0.25) is 5.78 Å². The second-order valence-electron chi connectivity index (χ2n) is 6.36. The number of ketones is 1. The minimum atomic E-state index is -0.0982. The fraction of sp³-hybridized carbons (Fsp3) is 0.238. The molecule has 0 N–H and O–H groups in total. The van der Waals surface area contributed by atoms with Gasteiger partial charge in [-0.15, -0.1) is 0 Å². The molecule has 5 heteroatoms. The van der Waals surface area contributed by atoms with Crippen molar-refractivity contribution in [3.8, 4) is 5.75 Å². The molecule has 0 aromatic heterocycles. The molecule has 0 amide bonds. The van der Waals surface area contributed by atoms with Crippen LogP contribution in [0.25, 0.3) is 5.57 Å². The molecule has 0 saturated heterocycles. The number of hydrogen-bond donors (Lipinski definition) is 0. The van der Waals surface area contributed by atoms with Gasteiger partial charge in [-0.3, -0.25) is 4.79 Å². The molecule has 0 fully saturated rings. The normalized spacial score (nSPS) is 20.0. The maximum Gasteiger partial charge on any atom is 0.228 e. The van der Waals surface area contributed by atoms with Crippen molar-refractivity contribution in [2.75, 3.05) is 20.8 Å². The first-order valence-corrected chi connectivity index (χ1v) is 8.55. The smallest absolute Gasteiger partial charge is 0.228 e. The lowest BCUT2D eigenvalue weighted by atomic mass is 10.0. The van der Waals surface area contributed by atoms with Gasteiger partial charge in [-0.2, -0.15) is 0 Å². The van der Waals surface area contributed by atoms with Crippen molar-refractivity contribution in [3.63, 3.8) is 0 Å². The molecule has 1 aliphatic carbocycles. The first kappa shape index (κ1) is 16.4. The fourth-order valence-electron chi connectivity index (χ4n) is 3.51. The van der Waals surface area contributed by atoms with E-state index in [1.165, 1.54) is 17.9 Å². The molecule has 4 rings (SSSR count). The molecule has 0 radical (unpaired) electrons. The molecular formula is C21H20N2O3. The summed E-state index contributed by atoms with van der Waals surface area (Å²) in [7, 11) is 3.17. The Labute approximate surface area is 151 Å². The van der Waals surface area contributed by atoms with E-state index in [1.807, 2.05) is 37.4 Å². The number of rotatable bonds is 3. The lowest BCUT2D eigenvalue weighted by molar-refractivity contribution is -0.114. The summed E-state index contributed by atoms with van der Waals surface area (Å²) in [6.07, 6.45) is 8.10. The average Bonchev–Trinajstić information content (AvgIpc) is 3.04. The van der Waals surface area contributed by atoms with E-state index in [1.54, 1.807) is 13.2 Å². The second-order valence-corrected chi connectivity index (χ2v) is 6.36. The van der Waals surface area contributed by atoms with Gasteiger partial charge in [-0.25, -0.2) is 4.99 Å². The second kappa shape index (κ2) is 6.33. The highest BCUT2D eigenvalue weighted by molar-refractivity contribution is 6.10. The summed E-state index contributed by atoms with van der Waals surface area (Å²) in [5.41, 5.74) is 3.91. The van der Waals surface area contributed by atoms with E-state index in [2.05, 4.69) is 11.0 Å². The predicted octanol–water partition coefficient (Wildman–Crippen LogP) is 1.97. The van der Waals surface area contributed by atoms with Crippen molar-refractivity contribution in [2.24, 2.45) is 4.99 Å². The van der Waals surface area contributed by atoms with E-state index >= 15 is 0 Å². The molecule has 1 aromatic rings. The van der Waals surface area contributed by atoms with Crippen molar-refractivity contribution < 1.29 is 14.3 Å². The molecule has 26 heavy (non-hydrogen) atoms. The van der Waals surface area contributed by atoms with Crippen LogP contribution in [-0.4, -0.2) is 31.4 Å². The Balaban J connectivity index is 1.74. The van der Waals surface area contributed by atoms with Crippen LogP contribution >= 0.6 is 0 Å². The Bertz CT molecular complexity index is 1040. The van der Waals surface area contributed by atoms with Crippen LogP contribution in [0, 0.1) is 0 Å². The molecule has 0 bridgehead atoms. The highest BCUT2D eigenvalue weighted by Gasteiger charge is 2.25. The van der Waals surface area contributed by atoms with Crippen LogP contribution in [0.2, 0.25) is 0 Å². The molecule has 2 aliphatic heterocycles. The van der Waals surface area contributed by atoms with Crippen LogP contribution in [0.3, 0.4) is 0 Å². The highest BCUT2D eigenvalue weighted by atomic mass is 16.5. The maximum atomic E-state index is 12.4. The third-order valence-corrected chi connectivity index (χ3v) is 4.95. The molecule has 5 nitrogen and oxygen atoms in total. The summed E-state index contributed by atoms with van der Waals surface area (Å²) in [6.45, 7) is 2.85. The van der Waals surface area contributed by atoms with Gasteiger partial charge in [0.05, 0.1) is 25.3 Å². The van der Waals surface area contributed by atoms with Crippen molar-refractivity contribution in [1.29, 1.82) is 0 Å². The molecule has 3 aliphatic rings. The molecule has 1 aromatic carbocycles. The predicted molar refractivity (Wildman–Crippen MR) is 98.5 cm³/mol. The molecule has 2 heterocycles. The summed E-state index contributed by atoms with van der Waals surface area (Å²) in [5.74, 6) is 1.07. The van der Waals surface area contributed by atoms with Gasteiger partial charge in [0.1, 0.15) is 5.75 Å². The average molecular weight is 348 g/mol. The Morgan fingerprint density at radius 1 is 1.23 bits per heavy atom. The molecule has 132 valence electrons. The van der Waals surface area contributed by atoms with E-state index in [9.17, 15) is 4.79 Å². The number of ether oxygens (including phenoxy) is 2. The number of carbonyl (C=O) groups is 1. The third kappa shape index (κ3) is 2.56. The number of fused-ring (bicyclic) bond motifs is 2. The van der Waals surface area contributed by atoms with E-state index in [4.69, 9.17) is 14.5 Å². The van der Waals surface area contributed by atoms with E-state index < -0.39 is 0 Å².